The Labute approximate surface area is 170 Å². The summed E-state index contributed by atoms with van der Waals surface area (Å²) >= 11 is 5.89. The fraction of sp³-hybridized carbons (Fsp3) is 0.364. The Morgan fingerprint density at radius 1 is 1.21 bits per heavy atom. The van der Waals surface area contributed by atoms with Crippen LogP contribution in [-0.4, -0.2) is 23.2 Å². The summed E-state index contributed by atoms with van der Waals surface area (Å²) in [6, 6.07) is 13.8. The number of unbranched alkanes of at least 4 members (excludes halogenated alkanes) is 2. The van der Waals surface area contributed by atoms with Gasteiger partial charge in [0.1, 0.15) is 11.5 Å². The van der Waals surface area contributed by atoms with Crippen LogP contribution in [0.3, 0.4) is 0 Å². The summed E-state index contributed by atoms with van der Waals surface area (Å²) < 4.78 is 14.3. The summed E-state index contributed by atoms with van der Waals surface area (Å²) in [5.41, 5.74) is 1.99. The van der Waals surface area contributed by atoms with Crippen molar-refractivity contribution in [2.24, 2.45) is 5.10 Å². The molecule has 6 heteroatoms. The number of carbonyl (C=O) groups is 1. The van der Waals surface area contributed by atoms with Crippen molar-refractivity contribution in [2.75, 3.05) is 6.54 Å². The van der Waals surface area contributed by atoms with Crippen molar-refractivity contribution in [1.82, 2.24) is 10.3 Å². The van der Waals surface area contributed by atoms with Gasteiger partial charge in [0.15, 0.2) is 0 Å². The molecule has 0 saturated heterocycles. The number of nitrogens with zero attached hydrogens (tertiary/aromatic N) is 2. The molecular formula is C22H25ClFN3O. The Morgan fingerprint density at radius 3 is 2.68 bits per heavy atom. The van der Waals surface area contributed by atoms with E-state index in [9.17, 15) is 9.18 Å². The van der Waals surface area contributed by atoms with Crippen molar-refractivity contribution >= 4 is 23.2 Å². The molecule has 4 nitrogen and oxygen atoms in total. The molecule has 0 aromatic heterocycles. The zero-order valence-corrected chi connectivity index (χ0v) is 16.8. The highest BCUT2D eigenvalue weighted by Crippen LogP contribution is 2.32. The van der Waals surface area contributed by atoms with Gasteiger partial charge in [-0.25, -0.2) is 4.39 Å². The number of rotatable bonds is 8. The first-order chi connectivity index (χ1) is 13.6. The zero-order valence-electron chi connectivity index (χ0n) is 16.0. The van der Waals surface area contributed by atoms with E-state index in [4.69, 9.17) is 11.6 Å². The first-order valence-electron chi connectivity index (χ1n) is 9.69. The Morgan fingerprint density at radius 2 is 1.96 bits per heavy atom. The van der Waals surface area contributed by atoms with Crippen LogP contribution in [0.5, 0.6) is 0 Å². The number of halogens is 2. The van der Waals surface area contributed by atoms with Crippen molar-refractivity contribution in [2.45, 2.75) is 45.2 Å². The number of hydrogen-bond acceptors (Lipinski definition) is 3. The van der Waals surface area contributed by atoms with E-state index in [1.807, 2.05) is 23.2 Å². The minimum absolute atomic E-state index is 0.214. The lowest BCUT2D eigenvalue weighted by Crippen LogP contribution is -2.29. The van der Waals surface area contributed by atoms with E-state index in [-0.39, 0.29) is 17.8 Å². The molecule has 148 valence electrons. The molecule has 0 spiro atoms. The summed E-state index contributed by atoms with van der Waals surface area (Å²) in [6.07, 6.45) is 3.54. The first kappa shape index (κ1) is 20.3. The standard InChI is InChI=1S/C22H25ClFN3O/c1-2-3-6-13-27-21(18-7-4-5-8-19(18)24)14-20(26-27)22(28)25-15-16-9-11-17(23)12-10-16/h4-5,7-12,21H,2-3,6,13-15H2,1H3,(H,25,28). The average molecular weight is 402 g/mol. The molecule has 2 aromatic rings. The van der Waals surface area contributed by atoms with Crippen LogP contribution in [0.1, 0.15) is 49.8 Å². The molecule has 1 heterocycles. The fourth-order valence-electron chi connectivity index (χ4n) is 3.32. The van der Waals surface area contributed by atoms with Gasteiger partial charge in [-0.2, -0.15) is 5.10 Å². The second kappa shape index (κ2) is 9.69. The number of hydrazone groups is 1. The molecule has 0 fully saturated rings. The van der Waals surface area contributed by atoms with Crippen LogP contribution in [0.15, 0.2) is 53.6 Å². The highest BCUT2D eigenvalue weighted by atomic mass is 35.5. The Hall–Kier alpha value is -2.40. The molecule has 0 radical (unpaired) electrons. The highest BCUT2D eigenvalue weighted by Gasteiger charge is 2.32. The zero-order chi connectivity index (χ0) is 19.9. The van der Waals surface area contributed by atoms with E-state index in [2.05, 4.69) is 17.3 Å². The van der Waals surface area contributed by atoms with Crippen LogP contribution in [0.25, 0.3) is 0 Å². The molecule has 0 aliphatic carbocycles. The Kier molecular flexibility index (Phi) is 7.04. The molecule has 28 heavy (non-hydrogen) atoms. The minimum atomic E-state index is -0.258. The molecule has 3 rings (SSSR count). The van der Waals surface area contributed by atoms with Crippen LogP contribution in [0.4, 0.5) is 4.39 Å². The highest BCUT2D eigenvalue weighted by molar-refractivity contribution is 6.39. The van der Waals surface area contributed by atoms with Crippen LogP contribution in [0.2, 0.25) is 5.02 Å². The molecule has 1 N–H and O–H groups in total. The number of benzene rings is 2. The van der Waals surface area contributed by atoms with Crippen molar-refractivity contribution in [3.63, 3.8) is 0 Å². The second-order valence-electron chi connectivity index (χ2n) is 6.97. The Balaban J connectivity index is 1.69. The third-order valence-corrected chi connectivity index (χ3v) is 5.13. The van der Waals surface area contributed by atoms with Crippen molar-refractivity contribution in [3.8, 4) is 0 Å². The van der Waals surface area contributed by atoms with Gasteiger partial charge in [-0.1, -0.05) is 61.7 Å². The topological polar surface area (TPSA) is 44.7 Å². The summed E-state index contributed by atoms with van der Waals surface area (Å²) in [7, 11) is 0. The lowest BCUT2D eigenvalue weighted by molar-refractivity contribution is -0.115. The lowest BCUT2D eigenvalue weighted by Gasteiger charge is -2.24. The summed E-state index contributed by atoms with van der Waals surface area (Å²) in [4.78, 5) is 12.6. The van der Waals surface area contributed by atoms with Gasteiger partial charge in [0, 0.05) is 30.1 Å². The van der Waals surface area contributed by atoms with Gasteiger partial charge in [0.05, 0.1) is 6.04 Å². The van der Waals surface area contributed by atoms with Crippen LogP contribution in [0, 0.1) is 5.82 Å². The van der Waals surface area contributed by atoms with Gasteiger partial charge < -0.3 is 5.32 Å². The third kappa shape index (κ3) is 5.10. The average Bonchev–Trinajstić information content (AvgIpc) is 3.12. The van der Waals surface area contributed by atoms with Gasteiger partial charge in [0.25, 0.3) is 5.91 Å². The van der Waals surface area contributed by atoms with Crippen LogP contribution in [-0.2, 0) is 11.3 Å². The molecule has 0 bridgehead atoms. The number of nitrogens with one attached hydrogen (secondary N) is 1. The summed E-state index contributed by atoms with van der Waals surface area (Å²) in [6.45, 7) is 3.24. The SMILES string of the molecule is CCCCCN1N=C(C(=O)NCc2ccc(Cl)cc2)CC1c1ccccc1F. The van der Waals surface area contributed by atoms with Gasteiger partial charge in [-0.05, 0) is 30.2 Å². The van der Waals surface area contributed by atoms with E-state index in [1.54, 1.807) is 24.3 Å². The van der Waals surface area contributed by atoms with Gasteiger partial charge in [0.2, 0.25) is 0 Å². The number of amides is 1. The number of carbonyl (C=O) groups excluding carboxylic acids is 1. The summed E-state index contributed by atoms with van der Waals surface area (Å²) in [5.74, 6) is -0.472. The fourth-order valence-corrected chi connectivity index (χ4v) is 3.45. The molecule has 1 aliphatic heterocycles. The van der Waals surface area contributed by atoms with Crippen molar-refractivity contribution in [3.05, 3.63) is 70.5 Å². The smallest absolute Gasteiger partial charge is 0.267 e. The largest absolute Gasteiger partial charge is 0.347 e. The maximum Gasteiger partial charge on any atom is 0.267 e. The maximum atomic E-state index is 14.3. The van der Waals surface area contributed by atoms with E-state index < -0.39 is 0 Å². The molecule has 1 aliphatic rings. The maximum absolute atomic E-state index is 14.3. The first-order valence-corrected chi connectivity index (χ1v) is 10.1. The normalized spacial score (nSPS) is 16.2. The molecule has 1 unspecified atom stereocenters. The third-order valence-electron chi connectivity index (χ3n) is 4.88. The van der Waals surface area contributed by atoms with Crippen LogP contribution >= 0.6 is 11.6 Å². The van der Waals surface area contributed by atoms with Crippen molar-refractivity contribution in [1.29, 1.82) is 0 Å². The second-order valence-corrected chi connectivity index (χ2v) is 7.40. The minimum Gasteiger partial charge on any atom is -0.347 e. The number of hydrogen-bond donors (Lipinski definition) is 1. The van der Waals surface area contributed by atoms with E-state index >= 15 is 0 Å². The van der Waals surface area contributed by atoms with Gasteiger partial charge >= 0.3 is 0 Å². The lowest BCUT2D eigenvalue weighted by atomic mass is 10.0. The van der Waals surface area contributed by atoms with E-state index in [0.29, 0.717) is 35.8 Å². The molecular weight excluding hydrogens is 377 g/mol. The monoisotopic (exact) mass is 401 g/mol. The van der Waals surface area contributed by atoms with Crippen LogP contribution < -0.4 is 5.32 Å². The molecule has 2 aromatic carbocycles. The molecule has 1 atom stereocenters. The van der Waals surface area contributed by atoms with Gasteiger partial charge in [-0.15, -0.1) is 0 Å². The predicted octanol–water partition coefficient (Wildman–Crippen LogP) is 5.09. The Bertz CT molecular complexity index is 838. The van der Waals surface area contributed by atoms with E-state index in [1.165, 1.54) is 6.07 Å². The molecule has 1 amide bonds. The predicted molar refractivity (Wildman–Crippen MR) is 111 cm³/mol. The quantitative estimate of drug-likeness (QED) is 0.626. The van der Waals surface area contributed by atoms with E-state index in [0.717, 1.165) is 24.8 Å². The molecule has 0 saturated carbocycles. The van der Waals surface area contributed by atoms with Crippen molar-refractivity contribution < 1.29 is 9.18 Å². The summed E-state index contributed by atoms with van der Waals surface area (Å²) in [5, 5.41) is 9.96. The van der Waals surface area contributed by atoms with Gasteiger partial charge in [-0.3, -0.25) is 9.80 Å².